The van der Waals surface area contributed by atoms with Crippen LogP contribution in [0.25, 0.3) is 0 Å². The molecule has 2 atom stereocenters. The first kappa shape index (κ1) is 21.1. The summed E-state index contributed by atoms with van der Waals surface area (Å²) in [7, 11) is -6.59. The van der Waals surface area contributed by atoms with E-state index in [2.05, 4.69) is 4.90 Å². The fourth-order valence-electron chi connectivity index (χ4n) is 4.09. The average molecular weight is 395 g/mol. The summed E-state index contributed by atoms with van der Waals surface area (Å²) in [6.45, 7) is 7.13. The van der Waals surface area contributed by atoms with E-state index in [9.17, 15) is 16.8 Å². The molecule has 2 aliphatic heterocycles. The van der Waals surface area contributed by atoms with E-state index in [4.69, 9.17) is 0 Å². The Morgan fingerprint density at radius 3 is 2.24 bits per heavy atom. The van der Waals surface area contributed by atoms with Crippen LogP contribution in [0.2, 0.25) is 0 Å². The van der Waals surface area contributed by atoms with Crippen molar-refractivity contribution in [1.82, 2.24) is 9.21 Å². The van der Waals surface area contributed by atoms with E-state index in [0.717, 1.165) is 32.5 Å². The van der Waals surface area contributed by atoms with Crippen molar-refractivity contribution in [3.63, 3.8) is 0 Å². The molecule has 2 aliphatic rings. The van der Waals surface area contributed by atoms with Crippen LogP contribution in [-0.4, -0.2) is 75.5 Å². The highest BCUT2D eigenvalue weighted by atomic mass is 32.2. The van der Waals surface area contributed by atoms with E-state index < -0.39 is 25.1 Å². The van der Waals surface area contributed by atoms with E-state index in [1.165, 1.54) is 23.6 Å². The lowest BCUT2D eigenvalue weighted by atomic mass is 10.0. The molecule has 6 nitrogen and oxygen atoms in total. The Morgan fingerprint density at radius 1 is 0.960 bits per heavy atom. The lowest BCUT2D eigenvalue weighted by Crippen LogP contribution is -2.36. The Kier molecular flexibility index (Phi) is 7.73. The lowest BCUT2D eigenvalue weighted by molar-refractivity contribution is 0.229. The second-order valence-corrected chi connectivity index (χ2v) is 12.0. The Bertz CT molecular complexity index is 613. The van der Waals surface area contributed by atoms with Gasteiger partial charge in [-0.2, -0.15) is 0 Å². The van der Waals surface area contributed by atoms with Gasteiger partial charge in [0.1, 0.15) is 0 Å². The molecule has 0 saturated carbocycles. The van der Waals surface area contributed by atoms with Crippen molar-refractivity contribution in [3.8, 4) is 0 Å². The first-order valence-electron chi connectivity index (χ1n) is 9.72. The Balaban J connectivity index is 1.97. The van der Waals surface area contributed by atoms with Crippen molar-refractivity contribution in [2.24, 2.45) is 5.92 Å². The third-order valence-corrected chi connectivity index (χ3v) is 9.71. The number of hydrogen-bond acceptors (Lipinski definition) is 5. The minimum absolute atomic E-state index is 0.0353. The van der Waals surface area contributed by atoms with Gasteiger partial charge in [-0.1, -0.05) is 19.8 Å². The highest BCUT2D eigenvalue weighted by molar-refractivity contribution is 7.92. The molecule has 0 N–H and O–H groups in total. The van der Waals surface area contributed by atoms with Gasteiger partial charge in [-0.15, -0.1) is 0 Å². The van der Waals surface area contributed by atoms with Gasteiger partial charge in [0.25, 0.3) is 0 Å². The minimum atomic E-state index is -3.32. The number of hydrogen-bond donors (Lipinski definition) is 0. The van der Waals surface area contributed by atoms with Crippen LogP contribution >= 0.6 is 0 Å². The van der Waals surface area contributed by atoms with Gasteiger partial charge in [-0.05, 0) is 58.2 Å². The smallest absolute Gasteiger partial charge is 0.213 e. The van der Waals surface area contributed by atoms with Gasteiger partial charge < -0.3 is 4.90 Å². The molecule has 8 heteroatoms. The van der Waals surface area contributed by atoms with Crippen molar-refractivity contribution in [2.75, 3.05) is 44.2 Å². The van der Waals surface area contributed by atoms with E-state index in [1.807, 2.05) is 6.92 Å². The number of rotatable bonds is 9. The predicted octanol–water partition coefficient (Wildman–Crippen LogP) is 1.73. The summed E-state index contributed by atoms with van der Waals surface area (Å²) in [5.41, 5.74) is 0. The Labute approximate surface area is 153 Å². The fraction of sp³-hybridized carbons (Fsp3) is 1.00. The SMILES string of the molecule is CCC[C@@H]1CN(S(=O)(=O)CC)CC1S(=O)(=O)CCCN1CCCCC1. The number of sulfonamides is 1. The quantitative estimate of drug-likeness (QED) is 0.595. The average Bonchev–Trinajstić information content (AvgIpc) is 3.02. The number of likely N-dealkylation sites (tertiary alicyclic amines) is 1. The van der Waals surface area contributed by atoms with Gasteiger partial charge in [0, 0.05) is 13.1 Å². The summed E-state index contributed by atoms with van der Waals surface area (Å²) in [6, 6.07) is 0. The monoisotopic (exact) mass is 394 g/mol. The predicted molar refractivity (Wildman–Crippen MR) is 102 cm³/mol. The molecule has 0 aromatic carbocycles. The van der Waals surface area contributed by atoms with Crippen molar-refractivity contribution in [2.45, 2.75) is 57.6 Å². The van der Waals surface area contributed by atoms with Crippen LogP contribution in [-0.2, 0) is 19.9 Å². The summed E-state index contributed by atoms with van der Waals surface area (Å²) in [6.07, 6.45) is 5.99. The number of piperidine rings is 1. The summed E-state index contributed by atoms with van der Waals surface area (Å²) < 4.78 is 51.5. The molecule has 0 amide bonds. The highest BCUT2D eigenvalue weighted by Gasteiger charge is 2.43. The van der Waals surface area contributed by atoms with Gasteiger partial charge in [0.05, 0.1) is 16.8 Å². The van der Waals surface area contributed by atoms with Crippen LogP contribution in [0.4, 0.5) is 0 Å². The molecule has 2 rings (SSSR count). The lowest BCUT2D eigenvalue weighted by Gasteiger charge is -2.26. The maximum atomic E-state index is 12.9. The number of sulfone groups is 1. The van der Waals surface area contributed by atoms with Gasteiger partial charge >= 0.3 is 0 Å². The van der Waals surface area contributed by atoms with Gasteiger partial charge in [0.15, 0.2) is 9.84 Å². The molecule has 0 bridgehead atoms. The molecule has 0 aromatic rings. The van der Waals surface area contributed by atoms with Crippen molar-refractivity contribution in [3.05, 3.63) is 0 Å². The van der Waals surface area contributed by atoms with Gasteiger partial charge in [-0.25, -0.2) is 21.1 Å². The summed E-state index contributed by atoms with van der Waals surface area (Å²) in [5.74, 6) is 0.147. The summed E-state index contributed by atoms with van der Waals surface area (Å²) >= 11 is 0. The van der Waals surface area contributed by atoms with Crippen LogP contribution in [0.3, 0.4) is 0 Å². The van der Waals surface area contributed by atoms with Crippen LogP contribution in [0.5, 0.6) is 0 Å². The first-order valence-corrected chi connectivity index (χ1v) is 13.0. The van der Waals surface area contributed by atoms with E-state index in [1.54, 1.807) is 6.92 Å². The normalized spacial score (nSPS) is 27.0. The maximum absolute atomic E-state index is 12.9. The molecule has 2 heterocycles. The van der Waals surface area contributed by atoms with E-state index in [-0.39, 0.29) is 24.0 Å². The van der Waals surface area contributed by atoms with E-state index in [0.29, 0.717) is 13.0 Å². The number of nitrogens with zero attached hydrogens (tertiary/aromatic N) is 2. The van der Waals surface area contributed by atoms with E-state index >= 15 is 0 Å². The zero-order valence-electron chi connectivity index (χ0n) is 15.7. The van der Waals surface area contributed by atoms with Crippen molar-refractivity contribution >= 4 is 19.9 Å². The zero-order valence-corrected chi connectivity index (χ0v) is 17.3. The van der Waals surface area contributed by atoms with Crippen molar-refractivity contribution < 1.29 is 16.8 Å². The van der Waals surface area contributed by atoms with Crippen LogP contribution in [0.15, 0.2) is 0 Å². The largest absolute Gasteiger partial charge is 0.303 e. The first-order chi connectivity index (χ1) is 11.8. The summed E-state index contributed by atoms with van der Waals surface area (Å²) in [5, 5.41) is -0.532. The molecular formula is C17H34N2O4S2. The van der Waals surface area contributed by atoms with Gasteiger partial charge in [0.2, 0.25) is 10.0 Å². The fourth-order valence-corrected chi connectivity index (χ4v) is 7.41. The zero-order chi connectivity index (χ0) is 18.5. The molecule has 2 saturated heterocycles. The third kappa shape index (κ3) is 5.65. The highest BCUT2D eigenvalue weighted by Crippen LogP contribution is 2.30. The topological polar surface area (TPSA) is 74.8 Å². The summed E-state index contributed by atoms with van der Waals surface area (Å²) in [4.78, 5) is 2.35. The Hall–Kier alpha value is -0.180. The second kappa shape index (κ2) is 9.15. The van der Waals surface area contributed by atoms with Gasteiger partial charge in [-0.3, -0.25) is 0 Å². The second-order valence-electron chi connectivity index (χ2n) is 7.43. The third-order valence-electron chi connectivity index (χ3n) is 5.58. The molecule has 0 aromatic heterocycles. The molecule has 148 valence electrons. The van der Waals surface area contributed by atoms with Crippen LogP contribution in [0.1, 0.15) is 52.4 Å². The minimum Gasteiger partial charge on any atom is -0.303 e. The Morgan fingerprint density at radius 2 is 1.64 bits per heavy atom. The molecule has 0 radical (unpaired) electrons. The molecular weight excluding hydrogens is 360 g/mol. The van der Waals surface area contributed by atoms with Crippen LogP contribution < -0.4 is 0 Å². The molecule has 0 aliphatic carbocycles. The van der Waals surface area contributed by atoms with Crippen molar-refractivity contribution in [1.29, 1.82) is 0 Å². The molecule has 2 fully saturated rings. The molecule has 25 heavy (non-hydrogen) atoms. The maximum Gasteiger partial charge on any atom is 0.213 e. The molecule has 1 unspecified atom stereocenters. The molecule has 0 spiro atoms. The van der Waals surface area contributed by atoms with Crippen LogP contribution in [0, 0.1) is 5.92 Å². The standard InChI is InChI=1S/C17H34N2O4S2/c1-3-9-16-14-19(25(22,23)4-2)15-17(16)24(20,21)13-8-12-18-10-6-5-7-11-18/h16-17H,3-15H2,1-2H3/t16-,17?/m1/s1.